The predicted octanol–water partition coefficient (Wildman–Crippen LogP) is 2.17. The fraction of sp³-hybridized carbons (Fsp3) is 1.00. The van der Waals surface area contributed by atoms with Gasteiger partial charge in [0.1, 0.15) is 0 Å². The van der Waals surface area contributed by atoms with Gasteiger partial charge in [-0.2, -0.15) is 0 Å². The number of rotatable bonds is 5. The van der Waals surface area contributed by atoms with Gasteiger partial charge < -0.3 is 10.4 Å². The Kier molecular flexibility index (Phi) is 3.68. The van der Waals surface area contributed by atoms with E-state index in [2.05, 4.69) is 19.2 Å². The second-order valence-corrected chi connectivity index (χ2v) is 5.96. The molecule has 0 saturated heterocycles. The summed E-state index contributed by atoms with van der Waals surface area (Å²) in [5.74, 6) is 2.58. The van der Waals surface area contributed by atoms with E-state index in [1.807, 2.05) is 0 Å². The Morgan fingerprint density at radius 2 is 2.07 bits per heavy atom. The van der Waals surface area contributed by atoms with Crippen molar-refractivity contribution in [1.82, 2.24) is 5.32 Å². The molecule has 2 aliphatic carbocycles. The number of fused-ring (bicyclic) bond motifs is 2. The Morgan fingerprint density at radius 3 is 2.53 bits per heavy atom. The maximum absolute atomic E-state index is 9.34. The lowest BCUT2D eigenvalue weighted by atomic mass is 9.93. The molecular weight excluding hydrogens is 186 g/mol. The Bertz CT molecular complexity index is 205. The van der Waals surface area contributed by atoms with Crippen molar-refractivity contribution in [2.24, 2.45) is 17.8 Å². The van der Waals surface area contributed by atoms with Gasteiger partial charge in [0.15, 0.2) is 0 Å². The zero-order chi connectivity index (χ0) is 10.8. The molecule has 2 fully saturated rings. The van der Waals surface area contributed by atoms with Crippen molar-refractivity contribution in [3.8, 4) is 0 Å². The lowest BCUT2D eigenvalue weighted by Crippen LogP contribution is -2.43. The van der Waals surface area contributed by atoms with Crippen molar-refractivity contribution in [3.05, 3.63) is 0 Å². The van der Waals surface area contributed by atoms with E-state index in [1.54, 1.807) is 0 Å². The molecule has 0 unspecified atom stereocenters. The summed E-state index contributed by atoms with van der Waals surface area (Å²) in [5, 5.41) is 13.0. The standard InChI is InChI=1S/C13H25NO/c1-9(2)5-12(8-15)14-13-7-10-3-4-11(13)6-10/h9-15H,3-8H2,1-2H3/t10-,11-,12-,13+/m1/s1. The van der Waals surface area contributed by atoms with Crippen LogP contribution in [0.5, 0.6) is 0 Å². The van der Waals surface area contributed by atoms with Gasteiger partial charge in [-0.3, -0.25) is 0 Å². The number of hydrogen-bond acceptors (Lipinski definition) is 2. The molecule has 0 heterocycles. The molecule has 0 aliphatic heterocycles. The summed E-state index contributed by atoms with van der Waals surface area (Å²) in [5.41, 5.74) is 0. The average molecular weight is 211 g/mol. The Hall–Kier alpha value is -0.0800. The molecule has 2 rings (SSSR count). The highest BCUT2D eigenvalue weighted by atomic mass is 16.3. The molecule has 2 nitrogen and oxygen atoms in total. The SMILES string of the molecule is CC(C)C[C@H](CO)N[C@H]1C[C@@H]2CC[C@@H]1C2. The van der Waals surface area contributed by atoms with Crippen molar-refractivity contribution < 1.29 is 5.11 Å². The van der Waals surface area contributed by atoms with Crippen molar-refractivity contribution in [2.75, 3.05) is 6.61 Å². The molecule has 2 aliphatic rings. The first-order valence-corrected chi connectivity index (χ1v) is 6.56. The summed E-state index contributed by atoms with van der Waals surface area (Å²) in [4.78, 5) is 0. The van der Waals surface area contributed by atoms with Crippen molar-refractivity contribution in [1.29, 1.82) is 0 Å². The minimum atomic E-state index is 0.298. The van der Waals surface area contributed by atoms with Crippen LogP contribution in [0.25, 0.3) is 0 Å². The highest BCUT2D eigenvalue weighted by molar-refractivity contribution is 4.95. The van der Waals surface area contributed by atoms with E-state index >= 15 is 0 Å². The van der Waals surface area contributed by atoms with E-state index in [1.165, 1.54) is 25.7 Å². The minimum Gasteiger partial charge on any atom is -0.395 e. The summed E-state index contributed by atoms with van der Waals surface area (Å²) >= 11 is 0. The van der Waals surface area contributed by atoms with E-state index in [9.17, 15) is 5.11 Å². The second kappa shape index (κ2) is 4.84. The molecule has 2 N–H and O–H groups in total. The zero-order valence-corrected chi connectivity index (χ0v) is 10.1. The fourth-order valence-electron chi connectivity index (χ4n) is 3.52. The second-order valence-electron chi connectivity index (χ2n) is 5.96. The summed E-state index contributed by atoms with van der Waals surface area (Å²) in [6.07, 6.45) is 6.78. The molecular formula is C13H25NO. The molecule has 0 radical (unpaired) electrons. The fourth-order valence-corrected chi connectivity index (χ4v) is 3.52. The molecule has 0 aromatic carbocycles. The van der Waals surface area contributed by atoms with Crippen LogP contribution in [0.4, 0.5) is 0 Å². The zero-order valence-electron chi connectivity index (χ0n) is 10.1. The molecule has 2 saturated carbocycles. The number of hydrogen-bond donors (Lipinski definition) is 2. The Morgan fingerprint density at radius 1 is 1.27 bits per heavy atom. The van der Waals surface area contributed by atoms with E-state index in [4.69, 9.17) is 0 Å². The van der Waals surface area contributed by atoms with Gasteiger partial charge in [0.05, 0.1) is 6.61 Å². The van der Waals surface area contributed by atoms with Gasteiger partial charge in [-0.15, -0.1) is 0 Å². The molecule has 2 bridgehead atoms. The van der Waals surface area contributed by atoms with Gasteiger partial charge in [0, 0.05) is 12.1 Å². The third kappa shape index (κ3) is 2.73. The maximum atomic E-state index is 9.34. The minimum absolute atomic E-state index is 0.298. The normalized spacial score (nSPS) is 36.4. The summed E-state index contributed by atoms with van der Waals surface area (Å²) in [7, 11) is 0. The topological polar surface area (TPSA) is 32.3 Å². The van der Waals surface area contributed by atoms with Gasteiger partial charge in [-0.1, -0.05) is 20.3 Å². The first kappa shape index (κ1) is 11.4. The lowest BCUT2D eigenvalue weighted by Gasteiger charge is -2.28. The van der Waals surface area contributed by atoms with Gasteiger partial charge in [0.2, 0.25) is 0 Å². The monoisotopic (exact) mass is 211 g/mol. The predicted molar refractivity (Wildman–Crippen MR) is 62.7 cm³/mol. The van der Waals surface area contributed by atoms with Crippen LogP contribution in [0, 0.1) is 17.8 Å². The summed E-state index contributed by atoms with van der Waals surface area (Å²) in [6.45, 7) is 4.75. The van der Waals surface area contributed by atoms with Crippen molar-refractivity contribution >= 4 is 0 Å². The Labute approximate surface area is 93.5 Å². The van der Waals surface area contributed by atoms with Crippen LogP contribution < -0.4 is 5.32 Å². The number of aliphatic hydroxyl groups is 1. The van der Waals surface area contributed by atoms with Crippen LogP contribution in [0.1, 0.15) is 46.0 Å². The van der Waals surface area contributed by atoms with E-state index in [0.29, 0.717) is 24.6 Å². The third-order valence-corrected chi connectivity index (χ3v) is 4.16. The van der Waals surface area contributed by atoms with Crippen LogP contribution in [-0.2, 0) is 0 Å². The van der Waals surface area contributed by atoms with E-state index < -0.39 is 0 Å². The molecule has 0 aromatic rings. The number of aliphatic hydroxyl groups excluding tert-OH is 1. The molecule has 0 spiro atoms. The molecule has 4 atom stereocenters. The van der Waals surface area contributed by atoms with Crippen molar-refractivity contribution in [2.45, 2.75) is 58.0 Å². The van der Waals surface area contributed by atoms with Crippen molar-refractivity contribution in [3.63, 3.8) is 0 Å². The van der Waals surface area contributed by atoms with Gasteiger partial charge in [-0.05, 0) is 43.4 Å². The first-order valence-electron chi connectivity index (χ1n) is 6.56. The highest BCUT2D eigenvalue weighted by Gasteiger charge is 2.39. The number of nitrogens with one attached hydrogen (secondary N) is 1. The summed E-state index contributed by atoms with van der Waals surface area (Å²) < 4.78 is 0. The largest absolute Gasteiger partial charge is 0.395 e. The van der Waals surface area contributed by atoms with Crippen LogP contribution in [0.15, 0.2) is 0 Å². The quantitative estimate of drug-likeness (QED) is 0.730. The van der Waals surface area contributed by atoms with Gasteiger partial charge in [-0.25, -0.2) is 0 Å². The van der Waals surface area contributed by atoms with Crippen LogP contribution >= 0.6 is 0 Å². The lowest BCUT2D eigenvalue weighted by molar-refractivity contribution is 0.197. The van der Waals surface area contributed by atoms with Gasteiger partial charge in [0.25, 0.3) is 0 Å². The molecule has 0 aromatic heterocycles. The average Bonchev–Trinajstić information content (AvgIpc) is 2.77. The molecule has 15 heavy (non-hydrogen) atoms. The highest BCUT2D eigenvalue weighted by Crippen LogP contribution is 2.44. The molecule has 2 heteroatoms. The summed E-state index contributed by atoms with van der Waals surface area (Å²) in [6, 6.07) is 1.04. The van der Waals surface area contributed by atoms with E-state index in [0.717, 1.165) is 18.3 Å². The smallest absolute Gasteiger partial charge is 0.0584 e. The van der Waals surface area contributed by atoms with Crippen LogP contribution in [-0.4, -0.2) is 23.8 Å². The first-order chi connectivity index (χ1) is 7.19. The molecule has 88 valence electrons. The van der Waals surface area contributed by atoms with Gasteiger partial charge >= 0.3 is 0 Å². The molecule has 0 amide bonds. The Balaban J connectivity index is 1.79. The third-order valence-electron chi connectivity index (χ3n) is 4.16. The van der Waals surface area contributed by atoms with Crippen LogP contribution in [0.3, 0.4) is 0 Å². The maximum Gasteiger partial charge on any atom is 0.0584 e. The van der Waals surface area contributed by atoms with Crippen LogP contribution in [0.2, 0.25) is 0 Å². The van der Waals surface area contributed by atoms with E-state index in [-0.39, 0.29) is 0 Å².